The number of hydrogen-bond acceptors (Lipinski definition) is 2. The molecule has 0 aliphatic heterocycles. The average Bonchev–Trinajstić information content (AvgIpc) is 2.70. The predicted molar refractivity (Wildman–Crippen MR) is 63.0 cm³/mol. The van der Waals surface area contributed by atoms with E-state index in [1.54, 1.807) is 11.3 Å². The molecule has 0 aromatic carbocycles. The van der Waals surface area contributed by atoms with Crippen molar-refractivity contribution in [2.24, 2.45) is 0 Å². The van der Waals surface area contributed by atoms with Gasteiger partial charge in [0.05, 0.1) is 4.34 Å². The van der Waals surface area contributed by atoms with E-state index in [0.717, 1.165) is 16.3 Å². The second-order valence-electron chi connectivity index (χ2n) is 4.73. The van der Waals surface area contributed by atoms with Gasteiger partial charge in [0.25, 0.3) is 0 Å². The van der Waals surface area contributed by atoms with Crippen molar-refractivity contribution in [2.45, 2.75) is 43.9 Å². The summed E-state index contributed by atoms with van der Waals surface area (Å²) in [5.74, 6) is 0.315. The standard InChI is InChI=1S/C12H13ClOS/c13-10-6-8-9(14)7-12(11(8)15-10)4-2-1-3-5-12/h6H,1-5,7H2. The number of carbonyl (C=O) groups is 1. The van der Waals surface area contributed by atoms with Crippen LogP contribution in [0, 0.1) is 0 Å². The van der Waals surface area contributed by atoms with Crippen molar-refractivity contribution in [1.29, 1.82) is 0 Å². The molecule has 0 unspecified atom stereocenters. The van der Waals surface area contributed by atoms with Crippen molar-refractivity contribution in [3.63, 3.8) is 0 Å². The highest BCUT2D eigenvalue weighted by Gasteiger charge is 2.45. The van der Waals surface area contributed by atoms with E-state index in [1.807, 2.05) is 6.07 Å². The Hall–Kier alpha value is -0.340. The van der Waals surface area contributed by atoms with Gasteiger partial charge >= 0.3 is 0 Å². The van der Waals surface area contributed by atoms with Gasteiger partial charge in [0.1, 0.15) is 0 Å². The SMILES string of the molecule is O=C1CC2(CCCCC2)c2sc(Cl)cc21. The van der Waals surface area contributed by atoms with Crippen LogP contribution in [0.5, 0.6) is 0 Å². The van der Waals surface area contributed by atoms with E-state index in [0.29, 0.717) is 5.78 Å². The molecule has 0 amide bonds. The lowest BCUT2D eigenvalue weighted by atomic mass is 9.73. The first-order valence-corrected chi connectivity index (χ1v) is 6.74. The topological polar surface area (TPSA) is 17.1 Å². The van der Waals surface area contributed by atoms with E-state index in [2.05, 4.69) is 0 Å². The normalized spacial score (nSPS) is 23.4. The lowest BCUT2D eigenvalue weighted by molar-refractivity contribution is 0.0962. The third kappa shape index (κ3) is 1.38. The zero-order valence-corrected chi connectivity index (χ0v) is 10.1. The third-order valence-corrected chi connectivity index (χ3v) is 5.30. The zero-order valence-electron chi connectivity index (χ0n) is 8.51. The molecule has 0 radical (unpaired) electrons. The van der Waals surface area contributed by atoms with Gasteiger partial charge in [-0.3, -0.25) is 4.79 Å². The molecule has 2 aliphatic carbocycles. The van der Waals surface area contributed by atoms with Gasteiger partial charge in [0.15, 0.2) is 5.78 Å². The van der Waals surface area contributed by atoms with Crippen LogP contribution < -0.4 is 0 Å². The van der Waals surface area contributed by atoms with Gasteiger partial charge in [-0.25, -0.2) is 0 Å². The zero-order chi connectivity index (χ0) is 10.5. The fourth-order valence-electron chi connectivity index (χ4n) is 3.08. The highest BCUT2D eigenvalue weighted by molar-refractivity contribution is 7.16. The van der Waals surface area contributed by atoms with Crippen LogP contribution in [0.1, 0.15) is 53.8 Å². The van der Waals surface area contributed by atoms with E-state index in [-0.39, 0.29) is 5.41 Å². The Bertz CT molecular complexity index is 415. The Balaban J connectivity index is 2.09. The molecule has 1 spiro atoms. The maximum atomic E-state index is 11.9. The molecule has 2 aliphatic rings. The van der Waals surface area contributed by atoms with Gasteiger partial charge < -0.3 is 0 Å². The van der Waals surface area contributed by atoms with Crippen LogP contribution in [0.25, 0.3) is 0 Å². The van der Waals surface area contributed by atoms with E-state index < -0.39 is 0 Å². The monoisotopic (exact) mass is 240 g/mol. The van der Waals surface area contributed by atoms with Gasteiger partial charge in [-0.05, 0) is 18.9 Å². The van der Waals surface area contributed by atoms with Gasteiger partial charge in [-0.1, -0.05) is 30.9 Å². The number of halogens is 1. The van der Waals surface area contributed by atoms with Crippen molar-refractivity contribution in [3.8, 4) is 0 Å². The molecule has 3 heteroatoms. The Kier molecular flexibility index (Phi) is 2.18. The molecule has 1 fully saturated rings. The fourth-order valence-corrected chi connectivity index (χ4v) is 4.57. The molecule has 0 bridgehead atoms. The number of hydrogen-bond donors (Lipinski definition) is 0. The minimum absolute atomic E-state index is 0.183. The summed E-state index contributed by atoms with van der Waals surface area (Å²) in [6, 6.07) is 1.87. The maximum Gasteiger partial charge on any atom is 0.164 e. The fraction of sp³-hybridized carbons (Fsp3) is 0.583. The second kappa shape index (κ2) is 3.33. The minimum Gasteiger partial charge on any atom is -0.294 e. The molecule has 1 heterocycles. The lowest BCUT2D eigenvalue weighted by Gasteiger charge is -2.32. The summed E-state index contributed by atoms with van der Waals surface area (Å²) in [5, 5.41) is 0. The van der Waals surface area contributed by atoms with Crippen molar-refractivity contribution >= 4 is 28.7 Å². The van der Waals surface area contributed by atoms with Crippen LogP contribution in [0.2, 0.25) is 4.34 Å². The number of thiophene rings is 1. The summed E-state index contributed by atoms with van der Waals surface area (Å²) >= 11 is 7.64. The van der Waals surface area contributed by atoms with E-state index in [9.17, 15) is 4.79 Å². The van der Waals surface area contributed by atoms with Gasteiger partial charge in [-0.15, -0.1) is 11.3 Å². The van der Waals surface area contributed by atoms with E-state index in [1.165, 1.54) is 37.0 Å². The van der Waals surface area contributed by atoms with Crippen molar-refractivity contribution in [2.75, 3.05) is 0 Å². The van der Waals surface area contributed by atoms with Crippen LogP contribution in [-0.4, -0.2) is 5.78 Å². The number of fused-ring (bicyclic) bond motifs is 2. The molecule has 1 nitrogen and oxygen atoms in total. The summed E-state index contributed by atoms with van der Waals surface area (Å²) < 4.78 is 0.776. The Morgan fingerprint density at radius 2 is 2.00 bits per heavy atom. The molecule has 1 aromatic rings. The minimum atomic E-state index is 0.183. The summed E-state index contributed by atoms with van der Waals surface area (Å²) in [5.41, 5.74) is 1.11. The summed E-state index contributed by atoms with van der Waals surface area (Å²) in [7, 11) is 0. The Morgan fingerprint density at radius 1 is 1.27 bits per heavy atom. The van der Waals surface area contributed by atoms with Crippen LogP contribution in [0.4, 0.5) is 0 Å². The van der Waals surface area contributed by atoms with Gasteiger partial charge in [0, 0.05) is 22.3 Å². The smallest absolute Gasteiger partial charge is 0.164 e. The van der Waals surface area contributed by atoms with Crippen LogP contribution in [0.15, 0.2) is 6.07 Å². The summed E-state index contributed by atoms with van der Waals surface area (Å²) in [4.78, 5) is 13.2. The van der Waals surface area contributed by atoms with Crippen molar-refractivity contribution in [1.82, 2.24) is 0 Å². The molecule has 1 aromatic heterocycles. The average molecular weight is 241 g/mol. The van der Waals surface area contributed by atoms with E-state index >= 15 is 0 Å². The molecule has 15 heavy (non-hydrogen) atoms. The largest absolute Gasteiger partial charge is 0.294 e. The highest BCUT2D eigenvalue weighted by atomic mass is 35.5. The quantitative estimate of drug-likeness (QED) is 0.665. The maximum absolute atomic E-state index is 11.9. The van der Waals surface area contributed by atoms with Crippen molar-refractivity contribution in [3.05, 3.63) is 20.8 Å². The number of Topliss-reactive ketones (excluding diaryl/α,β-unsaturated/α-hetero) is 1. The Labute approximate surface area is 98.4 Å². The second-order valence-corrected chi connectivity index (χ2v) is 6.42. The lowest BCUT2D eigenvalue weighted by Crippen LogP contribution is -2.25. The first-order valence-electron chi connectivity index (χ1n) is 5.54. The molecule has 0 saturated heterocycles. The highest BCUT2D eigenvalue weighted by Crippen LogP contribution is 2.52. The van der Waals surface area contributed by atoms with Crippen LogP contribution >= 0.6 is 22.9 Å². The number of ketones is 1. The predicted octanol–water partition coefficient (Wildman–Crippen LogP) is 4.19. The summed E-state index contributed by atoms with van der Waals surface area (Å²) in [6.07, 6.45) is 6.96. The van der Waals surface area contributed by atoms with Crippen molar-refractivity contribution < 1.29 is 4.79 Å². The van der Waals surface area contributed by atoms with Gasteiger partial charge in [0.2, 0.25) is 0 Å². The molecule has 1 saturated carbocycles. The summed E-state index contributed by atoms with van der Waals surface area (Å²) in [6.45, 7) is 0. The third-order valence-electron chi connectivity index (χ3n) is 3.79. The van der Waals surface area contributed by atoms with Gasteiger partial charge in [-0.2, -0.15) is 0 Å². The van der Waals surface area contributed by atoms with E-state index in [4.69, 9.17) is 11.6 Å². The van der Waals surface area contributed by atoms with Crippen LogP contribution in [-0.2, 0) is 5.41 Å². The number of carbonyl (C=O) groups excluding carboxylic acids is 1. The molecule has 80 valence electrons. The molecule has 0 N–H and O–H groups in total. The first kappa shape index (κ1) is 9.86. The first-order chi connectivity index (χ1) is 7.21. The molecule has 3 rings (SSSR count). The molecular weight excluding hydrogens is 228 g/mol. The molecule has 0 atom stereocenters. The van der Waals surface area contributed by atoms with Crippen LogP contribution in [0.3, 0.4) is 0 Å². The number of rotatable bonds is 0. The Morgan fingerprint density at radius 3 is 2.73 bits per heavy atom. The molecular formula is C12H13ClOS.